The van der Waals surface area contributed by atoms with Gasteiger partial charge in [0.05, 0.1) is 18.2 Å². The van der Waals surface area contributed by atoms with Crippen LogP contribution in [0.25, 0.3) is 0 Å². The van der Waals surface area contributed by atoms with E-state index in [-0.39, 0.29) is 17.7 Å². The number of thioether (sulfide) groups is 1. The van der Waals surface area contributed by atoms with Crippen molar-refractivity contribution >= 4 is 17.7 Å². The van der Waals surface area contributed by atoms with Crippen LogP contribution in [0.2, 0.25) is 0 Å². The summed E-state index contributed by atoms with van der Waals surface area (Å²) in [5.74, 6) is 0.770. The van der Waals surface area contributed by atoms with Crippen LogP contribution in [0.5, 0.6) is 0 Å². The van der Waals surface area contributed by atoms with Crippen LogP contribution in [0.3, 0.4) is 0 Å². The number of carbonyl (C=O) groups is 1. The van der Waals surface area contributed by atoms with E-state index in [1.165, 1.54) is 42.2 Å². The van der Waals surface area contributed by atoms with E-state index in [9.17, 15) is 4.79 Å². The normalized spacial score (nSPS) is 14.2. The molecule has 4 rings (SSSR count). The minimum Gasteiger partial charge on any atom is -0.416 e. The largest absolute Gasteiger partial charge is 0.416 e. The van der Waals surface area contributed by atoms with E-state index >= 15 is 0 Å². The van der Waals surface area contributed by atoms with Gasteiger partial charge in [0.15, 0.2) is 0 Å². The van der Waals surface area contributed by atoms with Gasteiger partial charge < -0.3 is 9.73 Å². The number of hydrogen-bond donors (Lipinski definition) is 1. The Morgan fingerprint density at radius 2 is 1.90 bits per heavy atom. The van der Waals surface area contributed by atoms with Crippen molar-refractivity contribution in [2.24, 2.45) is 0 Å². The van der Waals surface area contributed by atoms with Crippen molar-refractivity contribution in [3.63, 3.8) is 0 Å². The molecule has 150 valence electrons. The number of benzene rings is 2. The van der Waals surface area contributed by atoms with Gasteiger partial charge in [-0.3, -0.25) is 4.79 Å². The van der Waals surface area contributed by atoms with Crippen LogP contribution in [0, 0.1) is 0 Å². The first kappa shape index (κ1) is 19.7. The molecule has 3 aromatic rings. The molecule has 29 heavy (non-hydrogen) atoms. The third kappa shape index (κ3) is 5.26. The van der Waals surface area contributed by atoms with E-state index in [2.05, 4.69) is 33.7 Å². The number of nitrogens with one attached hydrogen (secondary N) is 1. The van der Waals surface area contributed by atoms with Gasteiger partial charge in [0.2, 0.25) is 11.8 Å². The third-order valence-corrected chi connectivity index (χ3v) is 6.04. The van der Waals surface area contributed by atoms with Crippen LogP contribution < -0.4 is 5.32 Å². The molecule has 0 aliphatic heterocycles. The number of hydrogen-bond acceptors (Lipinski definition) is 5. The number of amides is 1. The zero-order valence-electron chi connectivity index (χ0n) is 16.6. The molecule has 0 bridgehead atoms. The van der Waals surface area contributed by atoms with Crippen molar-refractivity contribution in [2.75, 3.05) is 5.75 Å². The molecule has 0 spiro atoms. The topological polar surface area (TPSA) is 68.0 Å². The standard InChI is InChI=1S/C23H25N3O2S/c1-16(19-12-11-18-9-5-6-10-20(18)14-19)24-21(27)15-29-23-26-25-22(28-23)13-17-7-3-2-4-8-17/h2-4,7-8,11-12,14,16H,5-6,9-10,13,15H2,1H3,(H,24,27). The average molecular weight is 408 g/mol. The molecule has 0 radical (unpaired) electrons. The number of nitrogens with zero attached hydrogens (tertiary/aromatic N) is 2. The molecule has 0 fully saturated rings. The molecular formula is C23H25N3O2S. The Labute approximate surface area is 175 Å². The first-order valence-corrected chi connectivity index (χ1v) is 11.1. The lowest BCUT2D eigenvalue weighted by atomic mass is 9.89. The monoisotopic (exact) mass is 407 g/mol. The number of aromatic nitrogens is 2. The Balaban J connectivity index is 1.28. The number of fused-ring (bicyclic) bond motifs is 1. The van der Waals surface area contributed by atoms with Gasteiger partial charge in [0.1, 0.15) is 0 Å². The molecule has 1 aliphatic rings. The van der Waals surface area contributed by atoms with Gasteiger partial charge in [-0.15, -0.1) is 10.2 Å². The van der Waals surface area contributed by atoms with Gasteiger partial charge in [0.25, 0.3) is 5.22 Å². The highest BCUT2D eigenvalue weighted by atomic mass is 32.2. The SMILES string of the molecule is CC(NC(=O)CSc1nnc(Cc2ccccc2)o1)c1ccc2c(c1)CCCC2. The van der Waals surface area contributed by atoms with Crippen molar-refractivity contribution in [3.8, 4) is 0 Å². The predicted molar refractivity (Wildman–Crippen MR) is 114 cm³/mol. The van der Waals surface area contributed by atoms with Crippen LogP contribution in [0.4, 0.5) is 0 Å². The molecule has 1 unspecified atom stereocenters. The first-order chi connectivity index (χ1) is 14.2. The molecule has 1 aliphatic carbocycles. The molecule has 0 saturated heterocycles. The summed E-state index contributed by atoms with van der Waals surface area (Å²) >= 11 is 1.27. The Hall–Kier alpha value is -2.60. The maximum absolute atomic E-state index is 12.4. The van der Waals surface area contributed by atoms with E-state index in [0.29, 0.717) is 17.5 Å². The minimum absolute atomic E-state index is 0.0216. The lowest BCUT2D eigenvalue weighted by molar-refractivity contribution is -0.119. The van der Waals surface area contributed by atoms with E-state index in [0.717, 1.165) is 17.5 Å². The fourth-order valence-corrected chi connectivity index (χ4v) is 4.25. The maximum atomic E-state index is 12.4. The van der Waals surface area contributed by atoms with Crippen LogP contribution in [-0.4, -0.2) is 21.9 Å². The van der Waals surface area contributed by atoms with E-state index in [1.807, 2.05) is 37.3 Å². The summed E-state index contributed by atoms with van der Waals surface area (Å²) in [5.41, 5.74) is 5.16. The molecule has 5 nitrogen and oxygen atoms in total. The van der Waals surface area contributed by atoms with Gasteiger partial charge in [-0.25, -0.2) is 0 Å². The highest BCUT2D eigenvalue weighted by molar-refractivity contribution is 7.99. The fraction of sp³-hybridized carbons (Fsp3) is 0.348. The smallest absolute Gasteiger partial charge is 0.277 e. The van der Waals surface area contributed by atoms with Gasteiger partial charge >= 0.3 is 0 Å². The number of aryl methyl sites for hydroxylation is 2. The summed E-state index contributed by atoms with van der Waals surface area (Å²) in [5, 5.41) is 11.6. The molecule has 1 aromatic heterocycles. The highest BCUT2D eigenvalue weighted by Crippen LogP contribution is 2.25. The summed E-state index contributed by atoms with van der Waals surface area (Å²) in [6, 6.07) is 16.6. The highest BCUT2D eigenvalue weighted by Gasteiger charge is 2.15. The molecule has 6 heteroatoms. The van der Waals surface area contributed by atoms with Gasteiger partial charge in [0, 0.05) is 0 Å². The van der Waals surface area contributed by atoms with Gasteiger partial charge in [-0.05, 0) is 54.9 Å². The first-order valence-electron chi connectivity index (χ1n) is 10.1. The Bertz CT molecular complexity index is 971. The second kappa shape index (κ2) is 9.27. The second-order valence-electron chi connectivity index (χ2n) is 7.44. The van der Waals surface area contributed by atoms with Crippen LogP contribution in [0.1, 0.15) is 54.0 Å². The Morgan fingerprint density at radius 1 is 1.10 bits per heavy atom. The van der Waals surface area contributed by atoms with Gasteiger partial charge in [-0.2, -0.15) is 0 Å². The summed E-state index contributed by atoms with van der Waals surface area (Å²) in [6.45, 7) is 2.03. The van der Waals surface area contributed by atoms with Crippen LogP contribution in [0.15, 0.2) is 58.2 Å². The predicted octanol–water partition coefficient (Wildman–Crippen LogP) is 4.51. The molecule has 1 heterocycles. The van der Waals surface area contributed by atoms with Crippen LogP contribution >= 0.6 is 11.8 Å². The summed E-state index contributed by atoms with van der Waals surface area (Å²) in [4.78, 5) is 12.4. The Morgan fingerprint density at radius 3 is 2.72 bits per heavy atom. The summed E-state index contributed by atoms with van der Waals surface area (Å²) < 4.78 is 5.65. The third-order valence-electron chi connectivity index (χ3n) is 5.22. The molecular weight excluding hydrogens is 382 g/mol. The number of carbonyl (C=O) groups excluding carboxylic acids is 1. The lowest BCUT2D eigenvalue weighted by Gasteiger charge is -2.20. The zero-order valence-corrected chi connectivity index (χ0v) is 17.4. The van der Waals surface area contributed by atoms with Crippen molar-refractivity contribution in [1.82, 2.24) is 15.5 Å². The second-order valence-corrected chi connectivity index (χ2v) is 8.36. The van der Waals surface area contributed by atoms with Crippen molar-refractivity contribution < 1.29 is 9.21 Å². The number of rotatable bonds is 7. The van der Waals surface area contributed by atoms with Gasteiger partial charge in [-0.1, -0.05) is 60.3 Å². The molecule has 1 N–H and O–H groups in total. The fourth-order valence-electron chi connectivity index (χ4n) is 3.65. The van der Waals surface area contributed by atoms with E-state index in [1.54, 1.807) is 0 Å². The van der Waals surface area contributed by atoms with E-state index < -0.39 is 0 Å². The van der Waals surface area contributed by atoms with E-state index in [4.69, 9.17) is 4.42 Å². The molecule has 2 aromatic carbocycles. The zero-order chi connectivity index (χ0) is 20.1. The lowest BCUT2D eigenvalue weighted by Crippen LogP contribution is -2.28. The average Bonchev–Trinajstić information content (AvgIpc) is 3.20. The van der Waals surface area contributed by atoms with Crippen LogP contribution in [-0.2, 0) is 24.1 Å². The molecule has 0 saturated carbocycles. The molecule has 1 atom stereocenters. The summed E-state index contributed by atoms with van der Waals surface area (Å²) in [6.07, 6.45) is 5.43. The van der Waals surface area contributed by atoms with Crippen molar-refractivity contribution in [2.45, 2.75) is 50.3 Å². The Kier molecular flexibility index (Phi) is 6.30. The van der Waals surface area contributed by atoms with Crippen molar-refractivity contribution in [1.29, 1.82) is 0 Å². The molecule has 1 amide bonds. The van der Waals surface area contributed by atoms with Crippen molar-refractivity contribution in [3.05, 3.63) is 76.7 Å². The summed E-state index contributed by atoms with van der Waals surface area (Å²) in [7, 11) is 0. The minimum atomic E-state index is -0.0389. The quantitative estimate of drug-likeness (QED) is 0.584. The maximum Gasteiger partial charge on any atom is 0.277 e.